The van der Waals surface area contributed by atoms with Crippen LogP contribution in [0, 0.1) is 12.8 Å². The Morgan fingerprint density at radius 3 is 2.62 bits per heavy atom. The summed E-state index contributed by atoms with van der Waals surface area (Å²) in [5, 5.41) is 7.56. The van der Waals surface area contributed by atoms with Crippen molar-refractivity contribution in [3.8, 4) is 0 Å². The van der Waals surface area contributed by atoms with E-state index in [0.29, 0.717) is 5.92 Å². The fourth-order valence-corrected chi connectivity index (χ4v) is 4.27. The average molecular weight is 363 g/mol. The molecule has 1 amide bonds. The number of ether oxygens (including phenoxy) is 1. The van der Waals surface area contributed by atoms with Crippen molar-refractivity contribution in [2.75, 3.05) is 39.3 Å². The Hall–Kier alpha value is -1.40. The van der Waals surface area contributed by atoms with Crippen molar-refractivity contribution in [2.24, 2.45) is 5.92 Å². The van der Waals surface area contributed by atoms with Crippen molar-refractivity contribution >= 4 is 5.91 Å². The van der Waals surface area contributed by atoms with Crippen LogP contribution in [0.4, 0.5) is 0 Å². The van der Waals surface area contributed by atoms with Gasteiger partial charge in [-0.05, 0) is 38.2 Å². The molecule has 1 aromatic rings. The number of aromatic amines is 1. The monoisotopic (exact) mass is 362 g/mol. The summed E-state index contributed by atoms with van der Waals surface area (Å²) < 4.78 is 6.36. The van der Waals surface area contributed by atoms with Crippen LogP contribution >= 0.6 is 0 Å². The molecule has 0 bridgehead atoms. The molecule has 0 aromatic carbocycles. The highest BCUT2D eigenvalue weighted by Crippen LogP contribution is 2.36. The van der Waals surface area contributed by atoms with Crippen LogP contribution in [0.2, 0.25) is 0 Å². The van der Waals surface area contributed by atoms with E-state index in [1.54, 1.807) is 6.92 Å². The van der Waals surface area contributed by atoms with E-state index in [-0.39, 0.29) is 12.0 Å². The SMILES string of the molecule is CC(=O)N1CCN(CCCOC(c2cc(C)[nH]n2)C2CCCCC2)CC1. The lowest BCUT2D eigenvalue weighted by molar-refractivity contribution is -0.130. The highest BCUT2D eigenvalue weighted by molar-refractivity contribution is 5.73. The molecule has 1 aliphatic carbocycles. The molecule has 1 unspecified atom stereocenters. The first-order valence-electron chi connectivity index (χ1n) is 10.2. The number of carbonyl (C=O) groups excluding carboxylic acids is 1. The van der Waals surface area contributed by atoms with Crippen molar-refractivity contribution in [3.63, 3.8) is 0 Å². The van der Waals surface area contributed by atoms with Crippen molar-refractivity contribution in [1.29, 1.82) is 0 Å². The third-order valence-corrected chi connectivity index (χ3v) is 5.83. The van der Waals surface area contributed by atoms with E-state index in [0.717, 1.165) is 57.1 Å². The summed E-state index contributed by atoms with van der Waals surface area (Å²) in [7, 11) is 0. The molecule has 1 aromatic heterocycles. The molecule has 0 radical (unpaired) electrons. The smallest absolute Gasteiger partial charge is 0.219 e. The minimum Gasteiger partial charge on any atom is -0.372 e. The zero-order chi connectivity index (χ0) is 18.4. The number of H-pyrrole nitrogens is 1. The first-order chi connectivity index (χ1) is 12.6. The van der Waals surface area contributed by atoms with Crippen LogP contribution in [0.15, 0.2) is 6.07 Å². The molecule has 6 heteroatoms. The second-order valence-corrected chi connectivity index (χ2v) is 7.87. The molecule has 2 heterocycles. The molecule has 2 fully saturated rings. The van der Waals surface area contributed by atoms with Gasteiger partial charge in [0.05, 0.1) is 5.69 Å². The number of nitrogens with one attached hydrogen (secondary N) is 1. The van der Waals surface area contributed by atoms with Gasteiger partial charge in [-0.1, -0.05) is 19.3 Å². The number of hydrogen-bond donors (Lipinski definition) is 1. The maximum atomic E-state index is 11.4. The lowest BCUT2D eigenvalue weighted by Gasteiger charge is -2.34. The molecular weight excluding hydrogens is 328 g/mol. The maximum Gasteiger partial charge on any atom is 0.219 e. The Labute approximate surface area is 157 Å². The van der Waals surface area contributed by atoms with E-state index in [9.17, 15) is 4.79 Å². The average Bonchev–Trinajstić information content (AvgIpc) is 3.09. The van der Waals surface area contributed by atoms with Gasteiger partial charge in [-0.2, -0.15) is 5.10 Å². The predicted molar refractivity (Wildman–Crippen MR) is 102 cm³/mol. The highest BCUT2D eigenvalue weighted by Gasteiger charge is 2.27. The number of aryl methyl sites for hydroxylation is 1. The third-order valence-electron chi connectivity index (χ3n) is 5.83. The number of carbonyl (C=O) groups is 1. The van der Waals surface area contributed by atoms with Crippen LogP contribution in [0.25, 0.3) is 0 Å². The van der Waals surface area contributed by atoms with Gasteiger partial charge in [0.15, 0.2) is 0 Å². The van der Waals surface area contributed by atoms with Gasteiger partial charge < -0.3 is 9.64 Å². The van der Waals surface area contributed by atoms with E-state index in [2.05, 4.69) is 28.1 Å². The van der Waals surface area contributed by atoms with Gasteiger partial charge in [0.25, 0.3) is 0 Å². The normalized spacial score (nSPS) is 21.1. The van der Waals surface area contributed by atoms with E-state index in [1.165, 1.54) is 32.1 Å². The molecule has 6 nitrogen and oxygen atoms in total. The number of nitrogens with zero attached hydrogens (tertiary/aromatic N) is 3. The number of rotatable bonds is 7. The summed E-state index contributed by atoms with van der Waals surface area (Å²) in [6, 6.07) is 2.14. The maximum absolute atomic E-state index is 11.4. The second-order valence-electron chi connectivity index (χ2n) is 7.87. The summed E-state index contributed by atoms with van der Waals surface area (Å²) in [5.74, 6) is 0.795. The Morgan fingerprint density at radius 1 is 1.27 bits per heavy atom. The summed E-state index contributed by atoms with van der Waals surface area (Å²) in [6.45, 7) is 9.19. The lowest BCUT2D eigenvalue weighted by atomic mass is 9.84. The molecule has 1 aliphatic heterocycles. The molecule has 3 rings (SSSR count). The molecule has 146 valence electrons. The van der Waals surface area contributed by atoms with E-state index >= 15 is 0 Å². The largest absolute Gasteiger partial charge is 0.372 e. The first-order valence-corrected chi connectivity index (χ1v) is 10.2. The molecule has 1 saturated carbocycles. The molecule has 2 aliphatic rings. The van der Waals surface area contributed by atoms with Gasteiger partial charge in [-0.15, -0.1) is 0 Å². The predicted octanol–water partition coefficient (Wildman–Crippen LogP) is 2.91. The van der Waals surface area contributed by atoms with Crippen molar-refractivity contribution in [2.45, 2.75) is 58.5 Å². The van der Waals surface area contributed by atoms with Gasteiger partial charge in [0.1, 0.15) is 6.10 Å². The molecule has 1 atom stereocenters. The molecular formula is C20H34N4O2. The Balaban J connectivity index is 1.44. The Kier molecular flexibility index (Phi) is 7.08. The highest BCUT2D eigenvalue weighted by atomic mass is 16.5. The second kappa shape index (κ2) is 9.51. The van der Waals surface area contributed by atoms with Crippen LogP contribution < -0.4 is 0 Å². The third kappa shape index (κ3) is 5.30. The van der Waals surface area contributed by atoms with E-state index in [1.807, 2.05) is 4.90 Å². The molecule has 1 N–H and O–H groups in total. The van der Waals surface area contributed by atoms with Crippen LogP contribution in [-0.4, -0.2) is 65.2 Å². The number of hydrogen-bond acceptors (Lipinski definition) is 4. The topological polar surface area (TPSA) is 61.5 Å². The standard InChI is InChI=1S/C20H34N4O2/c1-16-15-19(22-21-16)20(18-7-4-3-5-8-18)26-14-6-9-23-10-12-24(13-11-23)17(2)25/h15,18,20H,3-14H2,1-2H3,(H,21,22). The zero-order valence-electron chi connectivity index (χ0n) is 16.4. The summed E-state index contributed by atoms with van der Waals surface area (Å²) in [4.78, 5) is 15.8. The minimum atomic E-state index is 0.134. The van der Waals surface area contributed by atoms with Crippen molar-refractivity contribution < 1.29 is 9.53 Å². The van der Waals surface area contributed by atoms with Gasteiger partial charge in [0.2, 0.25) is 5.91 Å². The quantitative estimate of drug-likeness (QED) is 0.758. The number of amides is 1. The van der Waals surface area contributed by atoms with Gasteiger partial charge in [-0.25, -0.2) is 0 Å². The van der Waals surface area contributed by atoms with E-state index < -0.39 is 0 Å². The van der Waals surface area contributed by atoms with Crippen LogP contribution in [0.5, 0.6) is 0 Å². The molecule has 0 spiro atoms. The van der Waals surface area contributed by atoms with E-state index in [4.69, 9.17) is 4.74 Å². The minimum absolute atomic E-state index is 0.134. The van der Waals surface area contributed by atoms with Crippen LogP contribution in [0.3, 0.4) is 0 Å². The fourth-order valence-electron chi connectivity index (χ4n) is 4.27. The van der Waals surface area contributed by atoms with Crippen molar-refractivity contribution in [3.05, 3.63) is 17.5 Å². The Bertz CT molecular complexity index is 560. The van der Waals surface area contributed by atoms with Gasteiger partial charge >= 0.3 is 0 Å². The van der Waals surface area contributed by atoms with Crippen molar-refractivity contribution in [1.82, 2.24) is 20.0 Å². The Morgan fingerprint density at radius 2 is 2.00 bits per heavy atom. The summed E-state index contributed by atoms with van der Waals surface area (Å²) in [5.41, 5.74) is 2.18. The van der Waals surface area contributed by atoms with Gasteiger partial charge in [0, 0.05) is 51.9 Å². The number of aromatic nitrogens is 2. The fraction of sp³-hybridized carbons (Fsp3) is 0.800. The van der Waals surface area contributed by atoms with Crippen LogP contribution in [-0.2, 0) is 9.53 Å². The zero-order valence-corrected chi connectivity index (χ0v) is 16.4. The molecule has 1 saturated heterocycles. The summed E-state index contributed by atoms with van der Waals surface area (Å²) in [6.07, 6.45) is 7.66. The molecule has 26 heavy (non-hydrogen) atoms. The lowest BCUT2D eigenvalue weighted by Crippen LogP contribution is -2.48. The first kappa shape index (κ1) is 19.4. The van der Waals surface area contributed by atoms with Crippen LogP contribution in [0.1, 0.15) is 62.9 Å². The number of piperazine rings is 1. The summed E-state index contributed by atoms with van der Waals surface area (Å²) >= 11 is 0. The van der Waals surface area contributed by atoms with Gasteiger partial charge in [-0.3, -0.25) is 14.8 Å².